The molecule has 3 N–H and O–H groups in total. The van der Waals surface area contributed by atoms with E-state index >= 15 is 0 Å². The van der Waals surface area contributed by atoms with Crippen LogP contribution in [0.2, 0.25) is 0 Å². The summed E-state index contributed by atoms with van der Waals surface area (Å²) in [6.07, 6.45) is 0.0800. The first-order valence-electron chi connectivity index (χ1n) is 7.95. The third-order valence-electron chi connectivity index (χ3n) is 3.97. The van der Waals surface area contributed by atoms with Crippen LogP contribution in [0.3, 0.4) is 0 Å². The Morgan fingerprint density at radius 1 is 1.24 bits per heavy atom. The Morgan fingerprint density at radius 3 is 2.76 bits per heavy atom. The first-order chi connectivity index (χ1) is 11.9. The maximum atomic E-state index is 12.3. The van der Waals surface area contributed by atoms with Gasteiger partial charge in [-0.25, -0.2) is 4.99 Å². The number of amides is 2. The highest BCUT2D eigenvalue weighted by atomic mass is 32.2. The highest BCUT2D eigenvalue weighted by Crippen LogP contribution is 2.31. The number of nitrogens with two attached hydrogens (primary N) is 1. The van der Waals surface area contributed by atoms with Crippen molar-refractivity contribution in [1.29, 1.82) is 0 Å². The molecule has 0 aliphatic carbocycles. The van der Waals surface area contributed by atoms with Crippen LogP contribution in [0, 0.1) is 13.8 Å². The van der Waals surface area contributed by atoms with Crippen molar-refractivity contribution in [3.63, 3.8) is 0 Å². The van der Waals surface area contributed by atoms with Gasteiger partial charge in [-0.3, -0.25) is 9.59 Å². The van der Waals surface area contributed by atoms with Gasteiger partial charge in [-0.15, -0.1) is 0 Å². The molecule has 0 aromatic heterocycles. The first-order valence-corrected chi connectivity index (χ1v) is 8.83. The average molecular weight is 353 g/mol. The van der Waals surface area contributed by atoms with E-state index in [4.69, 9.17) is 5.73 Å². The Labute approximate surface area is 150 Å². The number of hydrogen-bond acceptors (Lipinski definition) is 4. The van der Waals surface area contributed by atoms with Gasteiger partial charge in [0.1, 0.15) is 10.3 Å². The minimum atomic E-state index is -0.514. The molecule has 0 saturated carbocycles. The molecule has 2 amide bonds. The van der Waals surface area contributed by atoms with Gasteiger partial charge in [-0.05, 0) is 37.1 Å². The van der Waals surface area contributed by atoms with Gasteiger partial charge in [-0.2, -0.15) is 0 Å². The highest BCUT2D eigenvalue weighted by Gasteiger charge is 2.31. The molecular formula is C19H19N3O2S. The maximum absolute atomic E-state index is 12.3. The van der Waals surface area contributed by atoms with Crippen molar-refractivity contribution in [3.05, 3.63) is 59.2 Å². The molecular weight excluding hydrogens is 334 g/mol. The maximum Gasteiger partial charge on any atom is 0.260 e. The van der Waals surface area contributed by atoms with Crippen molar-refractivity contribution >= 4 is 40.0 Å². The van der Waals surface area contributed by atoms with Crippen LogP contribution in [-0.2, 0) is 9.59 Å². The number of nitrogens with zero attached hydrogens (tertiary/aromatic N) is 1. The molecule has 128 valence electrons. The quantitative estimate of drug-likeness (QED) is 0.826. The Morgan fingerprint density at radius 2 is 2.00 bits per heavy atom. The fraction of sp³-hybridized carbons (Fsp3) is 0.211. The lowest BCUT2D eigenvalue weighted by molar-refractivity contribution is -0.121. The zero-order chi connectivity index (χ0) is 18.0. The lowest BCUT2D eigenvalue weighted by atomic mass is 10.1. The second kappa shape index (κ2) is 7.11. The van der Waals surface area contributed by atoms with E-state index in [1.165, 1.54) is 11.8 Å². The SMILES string of the molecule is Cc1ccc(C)c(NC(=O)CC2SC(c3ccccc3N)=NC2=O)c1. The van der Waals surface area contributed by atoms with E-state index in [1.54, 1.807) is 6.07 Å². The molecule has 3 rings (SSSR count). The molecule has 5 nitrogen and oxygen atoms in total. The van der Waals surface area contributed by atoms with E-state index in [2.05, 4.69) is 10.3 Å². The summed E-state index contributed by atoms with van der Waals surface area (Å²) in [4.78, 5) is 28.6. The minimum Gasteiger partial charge on any atom is -0.398 e. The summed E-state index contributed by atoms with van der Waals surface area (Å²) in [6, 6.07) is 13.1. The minimum absolute atomic E-state index is 0.0800. The van der Waals surface area contributed by atoms with E-state index in [0.29, 0.717) is 10.7 Å². The third-order valence-corrected chi connectivity index (χ3v) is 5.16. The Balaban J connectivity index is 1.66. The molecule has 25 heavy (non-hydrogen) atoms. The van der Waals surface area contributed by atoms with Crippen LogP contribution in [0.1, 0.15) is 23.1 Å². The lowest BCUT2D eigenvalue weighted by Gasteiger charge is -2.11. The van der Waals surface area contributed by atoms with E-state index in [9.17, 15) is 9.59 Å². The van der Waals surface area contributed by atoms with Crippen molar-refractivity contribution in [2.24, 2.45) is 4.99 Å². The number of hydrogen-bond donors (Lipinski definition) is 2. The van der Waals surface area contributed by atoms with Crippen LogP contribution >= 0.6 is 11.8 Å². The fourth-order valence-corrected chi connectivity index (χ4v) is 3.68. The van der Waals surface area contributed by atoms with E-state index in [0.717, 1.165) is 22.4 Å². The molecule has 6 heteroatoms. The van der Waals surface area contributed by atoms with Crippen LogP contribution in [-0.4, -0.2) is 22.1 Å². The second-order valence-electron chi connectivity index (χ2n) is 6.02. The van der Waals surface area contributed by atoms with Gasteiger partial charge in [0.15, 0.2) is 0 Å². The van der Waals surface area contributed by atoms with Crippen LogP contribution in [0.5, 0.6) is 0 Å². The molecule has 1 atom stereocenters. The summed E-state index contributed by atoms with van der Waals surface area (Å²) in [6.45, 7) is 3.90. The second-order valence-corrected chi connectivity index (χ2v) is 7.21. The number of benzene rings is 2. The standard InChI is InChI=1S/C19H19N3O2S/c1-11-7-8-12(2)15(9-11)21-17(23)10-16-18(24)22-19(25-16)13-5-3-4-6-14(13)20/h3-9,16H,10,20H2,1-2H3,(H,21,23). The van der Waals surface area contributed by atoms with E-state index < -0.39 is 5.25 Å². The van der Waals surface area contributed by atoms with Crippen LogP contribution < -0.4 is 11.1 Å². The van der Waals surface area contributed by atoms with Crippen molar-refractivity contribution < 1.29 is 9.59 Å². The van der Waals surface area contributed by atoms with Crippen LogP contribution in [0.25, 0.3) is 0 Å². The number of para-hydroxylation sites is 1. The highest BCUT2D eigenvalue weighted by molar-refractivity contribution is 8.16. The topological polar surface area (TPSA) is 84.6 Å². The number of carbonyl (C=O) groups is 2. The van der Waals surface area contributed by atoms with Crippen LogP contribution in [0.4, 0.5) is 11.4 Å². The number of nitrogen functional groups attached to an aromatic ring is 1. The average Bonchev–Trinajstić information content (AvgIpc) is 2.92. The van der Waals surface area contributed by atoms with Crippen molar-refractivity contribution in [2.75, 3.05) is 11.1 Å². The van der Waals surface area contributed by atoms with Gasteiger partial charge in [0.25, 0.3) is 5.91 Å². The summed E-state index contributed by atoms with van der Waals surface area (Å²) in [5, 5.41) is 2.95. The predicted octanol–water partition coefficient (Wildman–Crippen LogP) is 3.30. The van der Waals surface area contributed by atoms with Gasteiger partial charge >= 0.3 is 0 Å². The molecule has 1 aliphatic heterocycles. The Hall–Kier alpha value is -2.60. The summed E-state index contributed by atoms with van der Waals surface area (Å²) in [7, 11) is 0. The number of aliphatic imine (C=N–C) groups is 1. The smallest absolute Gasteiger partial charge is 0.260 e. The molecule has 0 spiro atoms. The van der Waals surface area contributed by atoms with Gasteiger partial charge < -0.3 is 11.1 Å². The van der Waals surface area contributed by atoms with E-state index in [-0.39, 0.29) is 18.2 Å². The van der Waals surface area contributed by atoms with Gasteiger partial charge in [0, 0.05) is 23.4 Å². The monoisotopic (exact) mass is 353 g/mol. The summed E-state index contributed by atoms with van der Waals surface area (Å²) >= 11 is 1.29. The third kappa shape index (κ3) is 3.91. The number of thioether (sulfide) groups is 1. The molecule has 0 bridgehead atoms. The first kappa shape index (κ1) is 17.2. The zero-order valence-corrected chi connectivity index (χ0v) is 14.9. The van der Waals surface area contributed by atoms with Crippen molar-refractivity contribution in [2.45, 2.75) is 25.5 Å². The summed E-state index contributed by atoms with van der Waals surface area (Å²) < 4.78 is 0. The molecule has 0 saturated heterocycles. The molecule has 2 aromatic rings. The van der Waals surface area contributed by atoms with E-state index in [1.807, 2.05) is 50.2 Å². The Bertz CT molecular complexity index is 877. The number of nitrogens with one attached hydrogen (secondary N) is 1. The normalized spacial score (nSPS) is 16.6. The molecule has 0 radical (unpaired) electrons. The summed E-state index contributed by atoms with van der Waals surface area (Å²) in [5.74, 6) is -0.489. The largest absolute Gasteiger partial charge is 0.398 e. The number of rotatable bonds is 4. The number of aryl methyl sites for hydroxylation is 2. The van der Waals surface area contributed by atoms with Crippen LogP contribution in [0.15, 0.2) is 47.5 Å². The van der Waals surface area contributed by atoms with Gasteiger partial charge in [-0.1, -0.05) is 42.1 Å². The predicted molar refractivity (Wildman–Crippen MR) is 103 cm³/mol. The van der Waals surface area contributed by atoms with Crippen molar-refractivity contribution in [1.82, 2.24) is 0 Å². The Kier molecular flexibility index (Phi) is 4.90. The molecule has 2 aromatic carbocycles. The van der Waals surface area contributed by atoms with Gasteiger partial charge in [0.05, 0.1) is 0 Å². The number of anilines is 2. The summed E-state index contributed by atoms with van der Waals surface area (Å²) in [5.41, 5.74) is 10.1. The number of carbonyl (C=O) groups excluding carboxylic acids is 2. The fourth-order valence-electron chi connectivity index (χ4n) is 2.57. The molecule has 0 fully saturated rings. The molecule has 1 unspecified atom stereocenters. The molecule has 1 heterocycles. The van der Waals surface area contributed by atoms with Gasteiger partial charge in [0.2, 0.25) is 5.91 Å². The van der Waals surface area contributed by atoms with Crippen molar-refractivity contribution in [3.8, 4) is 0 Å². The zero-order valence-electron chi connectivity index (χ0n) is 14.1. The lowest BCUT2D eigenvalue weighted by Crippen LogP contribution is -2.21. The molecule has 1 aliphatic rings.